The molecular formula is C14H12N4O2. The van der Waals surface area contributed by atoms with Crippen LogP contribution in [0.4, 0.5) is 5.69 Å². The number of hydrogen-bond donors (Lipinski definition) is 3. The van der Waals surface area contributed by atoms with E-state index in [-0.39, 0.29) is 17.8 Å². The molecule has 4 N–H and O–H groups in total. The fourth-order valence-electron chi connectivity index (χ4n) is 1.49. The largest absolute Gasteiger partial charge is 0.321 e. The molecule has 0 unspecified atom stereocenters. The zero-order valence-corrected chi connectivity index (χ0v) is 10.5. The van der Waals surface area contributed by atoms with Crippen molar-refractivity contribution in [2.24, 2.45) is 5.73 Å². The molecule has 1 aromatic heterocycles. The maximum Gasteiger partial charge on any atom is 0.276 e. The Bertz CT molecular complexity index is 720. The molecular weight excluding hydrogens is 256 g/mol. The minimum absolute atomic E-state index is 0.128. The van der Waals surface area contributed by atoms with Crippen LogP contribution in [0.15, 0.2) is 41.2 Å². The quantitative estimate of drug-likeness (QED) is 0.683. The molecule has 0 saturated heterocycles. The van der Waals surface area contributed by atoms with Crippen molar-refractivity contribution in [2.75, 3.05) is 11.9 Å². The van der Waals surface area contributed by atoms with Crippen LogP contribution in [0, 0.1) is 11.8 Å². The first-order valence-corrected chi connectivity index (χ1v) is 5.85. The van der Waals surface area contributed by atoms with Gasteiger partial charge in [-0.3, -0.25) is 9.59 Å². The van der Waals surface area contributed by atoms with Gasteiger partial charge in [-0.1, -0.05) is 17.9 Å². The van der Waals surface area contributed by atoms with E-state index in [1.54, 1.807) is 18.2 Å². The van der Waals surface area contributed by atoms with Crippen molar-refractivity contribution in [1.82, 2.24) is 10.2 Å². The van der Waals surface area contributed by atoms with E-state index in [9.17, 15) is 9.59 Å². The van der Waals surface area contributed by atoms with Gasteiger partial charge in [-0.05, 0) is 24.3 Å². The van der Waals surface area contributed by atoms with E-state index in [0.29, 0.717) is 5.69 Å². The predicted molar refractivity (Wildman–Crippen MR) is 75.2 cm³/mol. The van der Waals surface area contributed by atoms with Crippen molar-refractivity contribution < 1.29 is 4.79 Å². The van der Waals surface area contributed by atoms with E-state index >= 15 is 0 Å². The zero-order valence-electron chi connectivity index (χ0n) is 10.5. The number of anilines is 1. The van der Waals surface area contributed by atoms with Gasteiger partial charge in [0.1, 0.15) is 5.69 Å². The third-order valence-corrected chi connectivity index (χ3v) is 2.37. The first-order valence-electron chi connectivity index (χ1n) is 5.85. The van der Waals surface area contributed by atoms with E-state index in [0.717, 1.165) is 5.56 Å². The summed E-state index contributed by atoms with van der Waals surface area (Å²) in [7, 11) is 0. The summed E-state index contributed by atoms with van der Waals surface area (Å²) in [6.45, 7) is 0.276. The average molecular weight is 268 g/mol. The highest BCUT2D eigenvalue weighted by Crippen LogP contribution is 2.10. The topological polar surface area (TPSA) is 101 Å². The highest BCUT2D eigenvalue weighted by Gasteiger charge is 2.07. The average Bonchev–Trinajstić information content (AvgIpc) is 2.46. The van der Waals surface area contributed by atoms with Gasteiger partial charge in [0.15, 0.2) is 0 Å². The van der Waals surface area contributed by atoms with Crippen molar-refractivity contribution in [1.29, 1.82) is 0 Å². The Morgan fingerprint density at radius 1 is 1.35 bits per heavy atom. The predicted octanol–water partition coefficient (Wildman–Crippen LogP) is 0.332. The van der Waals surface area contributed by atoms with Crippen molar-refractivity contribution in [3.8, 4) is 11.8 Å². The number of amides is 1. The number of benzene rings is 1. The molecule has 0 fully saturated rings. The lowest BCUT2D eigenvalue weighted by molar-refractivity contribution is 0.102. The molecule has 2 aromatic rings. The van der Waals surface area contributed by atoms with E-state index in [4.69, 9.17) is 5.73 Å². The van der Waals surface area contributed by atoms with Crippen LogP contribution >= 0.6 is 0 Å². The number of carbonyl (C=O) groups excluding carboxylic acids is 1. The van der Waals surface area contributed by atoms with Crippen molar-refractivity contribution in [3.63, 3.8) is 0 Å². The van der Waals surface area contributed by atoms with Crippen LogP contribution in [-0.2, 0) is 0 Å². The molecule has 100 valence electrons. The molecule has 0 aliphatic heterocycles. The summed E-state index contributed by atoms with van der Waals surface area (Å²) in [6.07, 6.45) is 0. The van der Waals surface area contributed by atoms with Gasteiger partial charge in [-0.2, -0.15) is 5.10 Å². The number of H-pyrrole nitrogens is 1. The molecule has 0 spiro atoms. The van der Waals surface area contributed by atoms with Gasteiger partial charge in [0.05, 0.1) is 6.54 Å². The van der Waals surface area contributed by atoms with Crippen LogP contribution in [0.1, 0.15) is 16.1 Å². The summed E-state index contributed by atoms with van der Waals surface area (Å²) in [5.41, 5.74) is 6.41. The van der Waals surface area contributed by atoms with Gasteiger partial charge in [0.2, 0.25) is 0 Å². The molecule has 20 heavy (non-hydrogen) atoms. The van der Waals surface area contributed by atoms with E-state index in [2.05, 4.69) is 27.4 Å². The number of aromatic amines is 1. The Labute approximate surface area is 115 Å². The Morgan fingerprint density at radius 2 is 2.20 bits per heavy atom. The molecule has 0 bridgehead atoms. The molecule has 0 saturated carbocycles. The Morgan fingerprint density at radius 3 is 2.90 bits per heavy atom. The summed E-state index contributed by atoms with van der Waals surface area (Å²) >= 11 is 0. The normalized spacial score (nSPS) is 9.45. The highest BCUT2D eigenvalue weighted by atomic mass is 16.2. The fraction of sp³-hybridized carbons (Fsp3) is 0.0714. The van der Waals surface area contributed by atoms with Crippen LogP contribution in [0.2, 0.25) is 0 Å². The van der Waals surface area contributed by atoms with E-state index < -0.39 is 5.91 Å². The molecule has 2 rings (SSSR count). The monoisotopic (exact) mass is 268 g/mol. The van der Waals surface area contributed by atoms with Gasteiger partial charge in [-0.25, -0.2) is 5.10 Å². The lowest BCUT2D eigenvalue weighted by atomic mass is 10.2. The number of nitrogens with zero attached hydrogens (tertiary/aromatic N) is 1. The van der Waals surface area contributed by atoms with Crippen LogP contribution < -0.4 is 16.6 Å². The molecule has 6 nitrogen and oxygen atoms in total. The first kappa shape index (κ1) is 13.5. The van der Waals surface area contributed by atoms with E-state index in [1.165, 1.54) is 12.1 Å². The van der Waals surface area contributed by atoms with Crippen molar-refractivity contribution >= 4 is 11.6 Å². The minimum Gasteiger partial charge on any atom is -0.321 e. The summed E-state index contributed by atoms with van der Waals surface area (Å²) < 4.78 is 0. The standard InChI is InChI=1S/C14H12N4O2/c15-8-2-4-10-3-1-5-11(9-10)16-14(20)12-6-7-13(19)18-17-12/h1,3,5-7,9H,8,15H2,(H,16,20)(H,18,19). The Hall–Kier alpha value is -2.91. The van der Waals surface area contributed by atoms with Crippen LogP contribution in [0.5, 0.6) is 0 Å². The van der Waals surface area contributed by atoms with E-state index in [1.807, 2.05) is 6.07 Å². The van der Waals surface area contributed by atoms with Crippen LogP contribution in [-0.4, -0.2) is 22.6 Å². The molecule has 1 amide bonds. The lowest BCUT2D eigenvalue weighted by Crippen LogP contribution is -2.17. The molecule has 1 aromatic carbocycles. The molecule has 6 heteroatoms. The summed E-state index contributed by atoms with van der Waals surface area (Å²) in [5, 5.41) is 8.53. The Balaban J connectivity index is 2.15. The van der Waals surface area contributed by atoms with Crippen LogP contribution in [0.25, 0.3) is 0 Å². The molecule has 1 heterocycles. The fourth-order valence-corrected chi connectivity index (χ4v) is 1.49. The van der Waals surface area contributed by atoms with Gasteiger partial charge < -0.3 is 11.1 Å². The number of nitrogens with two attached hydrogens (primary N) is 1. The molecule has 0 aliphatic carbocycles. The van der Waals surface area contributed by atoms with Gasteiger partial charge >= 0.3 is 0 Å². The Kier molecular flexibility index (Phi) is 4.27. The molecule has 0 aliphatic rings. The summed E-state index contributed by atoms with van der Waals surface area (Å²) in [6, 6.07) is 9.65. The SMILES string of the molecule is NCC#Cc1cccc(NC(=O)c2ccc(=O)[nH]n2)c1. The second kappa shape index (κ2) is 6.31. The second-order valence-electron chi connectivity index (χ2n) is 3.85. The zero-order chi connectivity index (χ0) is 14.4. The van der Waals surface area contributed by atoms with Gasteiger partial charge in [0, 0.05) is 17.3 Å². The summed E-state index contributed by atoms with van der Waals surface area (Å²) in [4.78, 5) is 22.8. The number of nitrogens with one attached hydrogen (secondary N) is 2. The molecule has 0 atom stereocenters. The number of rotatable bonds is 2. The number of hydrogen-bond acceptors (Lipinski definition) is 4. The van der Waals surface area contributed by atoms with Gasteiger partial charge in [-0.15, -0.1) is 0 Å². The van der Waals surface area contributed by atoms with Crippen molar-refractivity contribution in [3.05, 3.63) is 58.0 Å². The third kappa shape index (κ3) is 3.54. The lowest BCUT2D eigenvalue weighted by Gasteiger charge is -2.04. The van der Waals surface area contributed by atoms with Gasteiger partial charge in [0.25, 0.3) is 11.5 Å². The maximum atomic E-state index is 11.9. The molecule has 0 radical (unpaired) electrons. The highest BCUT2D eigenvalue weighted by molar-refractivity contribution is 6.02. The second-order valence-corrected chi connectivity index (χ2v) is 3.85. The first-order chi connectivity index (χ1) is 9.69. The summed E-state index contributed by atoms with van der Waals surface area (Å²) in [5.74, 6) is 5.20. The van der Waals surface area contributed by atoms with Crippen LogP contribution in [0.3, 0.4) is 0 Å². The maximum absolute atomic E-state index is 11.9. The third-order valence-electron chi connectivity index (χ3n) is 2.37. The number of carbonyl (C=O) groups is 1. The smallest absolute Gasteiger partial charge is 0.276 e. The number of aromatic nitrogens is 2. The van der Waals surface area contributed by atoms with Crippen molar-refractivity contribution in [2.45, 2.75) is 0 Å². The minimum atomic E-state index is -0.412.